The van der Waals surface area contributed by atoms with E-state index in [1.165, 1.54) is 12.1 Å². The first-order valence-electron chi connectivity index (χ1n) is 10.8. The van der Waals surface area contributed by atoms with Crippen molar-refractivity contribution < 1.29 is 13.9 Å². The minimum atomic E-state index is -0.585. The Labute approximate surface area is 192 Å². The van der Waals surface area contributed by atoms with Gasteiger partial charge in [0.25, 0.3) is 0 Å². The molecular weight excluding hydrogens is 421 g/mol. The summed E-state index contributed by atoms with van der Waals surface area (Å²) in [4.78, 5) is 27.9. The third-order valence-corrected chi connectivity index (χ3v) is 4.82. The van der Waals surface area contributed by atoms with E-state index in [1.54, 1.807) is 23.2 Å². The van der Waals surface area contributed by atoms with Gasteiger partial charge in [-0.05, 0) is 51.8 Å². The highest BCUT2D eigenvalue weighted by atomic mass is 19.1. The molecule has 0 saturated heterocycles. The van der Waals surface area contributed by atoms with Gasteiger partial charge in [0.1, 0.15) is 11.4 Å². The second-order valence-corrected chi connectivity index (χ2v) is 8.74. The quantitative estimate of drug-likeness (QED) is 0.545. The molecule has 33 heavy (non-hydrogen) atoms. The highest BCUT2D eigenvalue weighted by Crippen LogP contribution is 2.27. The number of aromatic nitrogens is 3. The average Bonchev–Trinajstić information content (AvgIpc) is 2.78. The highest BCUT2D eigenvalue weighted by Gasteiger charge is 2.25. The van der Waals surface area contributed by atoms with Gasteiger partial charge in [0.15, 0.2) is 11.6 Å². The van der Waals surface area contributed by atoms with E-state index in [-0.39, 0.29) is 5.82 Å². The molecule has 8 heteroatoms. The maximum atomic E-state index is 13.7. The third kappa shape index (κ3) is 5.91. The SMILES string of the molecule is CC(C)(C)OC(=O)N1C=C(c2nc(Nc3cccc(F)c3)nc(-c3ccccc3)n2)CCC1. The fourth-order valence-corrected chi connectivity index (χ4v) is 3.38. The minimum absolute atomic E-state index is 0.291. The zero-order valence-electron chi connectivity index (χ0n) is 18.9. The zero-order chi connectivity index (χ0) is 23.4. The lowest BCUT2D eigenvalue weighted by molar-refractivity contribution is 0.0329. The molecule has 0 unspecified atom stereocenters. The van der Waals surface area contributed by atoms with Gasteiger partial charge in [-0.25, -0.2) is 14.2 Å². The summed E-state index contributed by atoms with van der Waals surface area (Å²) in [5.41, 5.74) is 1.56. The largest absolute Gasteiger partial charge is 0.443 e. The van der Waals surface area contributed by atoms with Crippen LogP contribution in [-0.2, 0) is 4.74 Å². The van der Waals surface area contributed by atoms with Crippen LogP contribution in [0.15, 0.2) is 60.8 Å². The van der Waals surface area contributed by atoms with Crippen LogP contribution in [0.1, 0.15) is 39.4 Å². The monoisotopic (exact) mass is 447 g/mol. The van der Waals surface area contributed by atoms with Crippen LogP contribution in [0.3, 0.4) is 0 Å². The lowest BCUT2D eigenvalue weighted by Gasteiger charge is -2.28. The molecule has 0 fully saturated rings. The number of hydrogen-bond donors (Lipinski definition) is 1. The van der Waals surface area contributed by atoms with E-state index in [2.05, 4.69) is 20.3 Å². The number of carbonyl (C=O) groups is 1. The van der Waals surface area contributed by atoms with Crippen LogP contribution in [0, 0.1) is 5.82 Å². The Balaban J connectivity index is 1.71. The molecule has 2 aromatic carbocycles. The first-order chi connectivity index (χ1) is 15.8. The average molecular weight is 448 g/mol. The Hall–Kier alpha value is -3.81. The number of amides is 1. The maximum Gasteiger partial charge on any atom is 0.414 e. The number of anilines is 2. The molecule has 1 aliphatic heterocycles. The van der Waals surface area contributed by atoms with E-state index >= 15 is 0 Å². The van der Waals surface area contributed by atoms with Gasteiger partial charge in [0.05, 0.1) is 0 Å². The first-order valence-corrected chi connectivity index (χ1v) is 10.8. The Morgan fingerprint density at radius 2 is 1.79 bits per heavy atom. The van der Waals surface area contributed by atoms with Gasteiger partial charge in [0.2, 0.25) is 5.95 Å². The predicted octanol–water partition coefficient (Wildman–Crippen LogP) is 5.79. The molecule has 0 saturated carbocycles. The Morgan fingerprint density at radius 1 is 1.03 bits per heavy atom. The summed E-state index contributed by atoms with van der Waals surface area (Å²) < 4.78 is 19.2. The molecule has 0 spiro atoms. The number of nitrogens with one attached hydrogen (secondary N) is 1. The second-order valence-electron chi connectivity index (χ2n) is 8.74. The lowest BCUT2D eigenvalue weighted by Crippen LogP contribution is -2.35. The summed E-state index contributed by atoms with van der Waals surface area (Å²) in [5.74, 6) is 0.867. The number of nitrogens with zero attached hydrogens (tertiary/aromatic N) is 4. The van der Waals surface area contributed by atoms with Gasteiger partial charge in [-0.3, -0.25) is 4.90 Å². The van der Waals surface area contributed by atoms with Crippen molar-refractivity contribution in [2.24, 2.45) is 0 Å². The van der Waals surface area contributed by atoms with Crippen LogP contribution in [0.25, 0.3) is 17.0 Å². The van der Waals surface area contributed by atoms with E-state index in [0.29, 0.717) is 36.3 Å². The molecule has 2 heterocycles. The van der Waals surface area contributed by atoms with Crippen LogP contribution in [-0.4, -0.2) is 38.1 Å². The van der Waals surface area contributed by atoms with E-state index in [9.17, 15) is 9.18 Å². The van der Waals surface area contributed by atoms with Gasteiger partial charge in [0, 0.05) is 29.6 Å². The van der Waals surface area contributed by atoms with E-state index in [0.717, 1.165) is 17.6 Å². The Morgan fingerprint density at radius 3 is 2.52 bits per heavy atom. The molecule has 170 valence electrons. The van der Waals surface area contributed by atoms with E-state index in [1.807, 2.05) is 51.1 Å². The molecule has 3 aromatic rings. The molecule has 0 radical (unpaired) electrons. The molecule has 1 amide bonds. The van der Waals surface area contributed by atoms with Crippen LogP contribution in [0.2, 0.25) is 0 Å². The van der Waals surface area contributed by atoms with Crippen molar-refractivity contribution in [1.82, 2.24) is 19.9 Å². The molecule has 0 bridgehead atoms. The minimum Gasteiger partial charge on any atom is -0.443 e. The van der Waals surface area contributed by atoms with Crippen molar-refractivity contribution >= 4 is 23.3 Å². The molecule has 1 aromatic heterocycles. The lowest BCUT2D eigenvalue weighted by atomic mass is 10.1. The summed E-state index contributed by atoms with van der Waals surface area (Å²) in [6.45, 7) is 6.06. The molecule has 0 atom stereocenters. The summed E-state index contributed by atoms with van der Waals surface area (Å²) in [7, 11) is 0. The predicted molar refractivity (Wildman–Crippen MR) is 125 cm³/mol. The van der Waals surface area contributed by atoms with Crippen molar-refractivity contribution in [3.05, 3.63) is 72.4 Å². The summed E-state index contributed by atoms with van der Waals surface area (Å²) in [6, 6.07) is 15.6. The number of benzene rings is 2. The smallest absolute Gasteiger partial charge is 0.414 e. The Bertz CT molecular complexity index is 1170. The van der Waals surface area contributed by atoms with Gasteiger partial charge in [-0.1, -0.05) is 36.4 Å². The number of halogens is 1. The van der Waals surface area contributed by atoms with Crippen LogP contribution in [0.4, 0.5) is 20.8 Å². The number of allylic oxidation sites excluding steroid dienone is 1. The number of ether oxygens (including phenoxy) is 1. The third-order valence-electron chi connectivity index (χ3n) is 4.82. The zero-order valence-corrected chi connectivity index (χ0v) is 18.9. The molecule has 0 aliphatic carbocycles. The van der Waals surface area contributed by atoms with Crippen molar-refractivity contribution in [3.63, 3.8) is 0 Å². The van der Waals surface area contributed by atoms with Gasteiger partial charge in [-0.15, -0.1) is 0 Å². The first kappa shape index (κ1) is 22.4. The molecule has 4 rings (SSSR count). The topological polar surface area (TPSA) is 80.2 Å². The van der Waals surface area contributed by atoms with Gasteiger partial charge >= 0.3 is 6.09 Å². The molecule has 1 N–H and O–H groups in total. The van der Waals surface area contributed by atoms with E-state index < -0.39 is 11.7 Å². The summed E-state index contributed by atoms with van der Waals surface area (Å²) in [6.07, 6.45) is 2.80. The highest BCUT2D eigenvalue weighted by molar-refractivity contribution is 5.74. The Kier molecular flexibility index (Phi) is 6.35. The standard InChI is InChI=1S/C25H26FN5O2/c1-25(2,3)33-24(32)31-14-8-11-18(16-31)22-28-21(17-9-5-4-6-10-17)29-23(30-22)27-20-13-7-12-19(26)15-20/h4-7,9-10,12-13,15-16H,8,11,14H2,1-3H3,(H,27,28,29,30). The summed E-state index contributed by atoms with van der Waals surface area (Å²) in [5, 5.41) is 3.06. The van der Waals surface area contributed by atoms with Gasteiger partial charge < -0.3 is 10.1 Å². The van der Waals surface area contributed by atoms with Crippen molar-refractivity contribution in [2.45, 2.75) is 39.2 Å². The number of rotatable bonds is 4. The summed E-state index contributed by atoms with van der Waals surface area (Å²) >= 11 is 0. The number of hydrogen-bond acceptors (Lipinski definition) is 6. The van der Waals surface area contributed by atoms with Crippen molar-refractivity contribution in [3.8, 4) is 11.4 Å². The number of carbonyl (C=O) groups excluding carboxylic acids is 1. The van der Waals surface area contributed by atoms with Crippen molar-refractivity contribution in [1.29, 1.82) is 0 Å². The van der Waals surface area contributed by atoms with E-state index in [4.69, 9.17) is 4.74 Å². The van der Waals surface area contributed by atoms with Crippen LogP contribution >= 0.6 is 0 Å². The molecule has 7 nitrogen and oxygen atoms in total. The fraction of sp³-hybridized carbons (Fsp3) is 0.280. The fourth-order valence-electron chi connectivity index (χ4n) is 3.38. The maximum absolute atomic E-state index is 13.7. The van der Waals surface area contributed by atoms with Crippen molar-refractivity contribution in [2.75, 3.05) is 11.9 Å². The van der Waals surface area contributed by atoms with Crippen LogP contribution in [0.5, 0.6) is 0 Å². The molecule has 1 aliphatic rings. The van der Waals surface area contributed by atoms with Crippen LogP contribution < -0.4 is 5.32 Å². The van der Waals surface area contributed by atoms with Gasteiger partial charge in [-0.2, -0.15) is 9.97 Å². The second kappa shape index (κ2) is 9.36. The normalized spacial score (nSPS) is 13.9. The molecular formula is C25H26FN5O2.